The Morgan fingerprint density at radius 2 is 1.79 bits per heavy atom. The fourth-order valence-corrected chi connectivity index (χ4v) is 3.43. The van der Waals surface area contributed by atoms with Gasteiger partial charge in [-0.15, -0.1) is 0 Å². The smallest absolute Gasteiger partial charge is 0.276 e. The molecule has 0 radical (unpaired) electrons. The number of aromatic nitrogens is 4. The highest BCUT2D eigenvalue weighted by Gasteiger charge is 2.21. The van der Waals surface area contributed by atoms with E-state index in [4.69, 9.17) is 14.2 Å². The Balaban J connectivity index is 1.80. The van der Waals surface area contributed by atoms with E-state index in [-0.39, 0.29) is 0 Å². The van der Waals surface area contributed by atoms with Gasteiger partial charge in [0.1, 0.15) is 17.0 Å². The van der Waals surface area contributed by atoms with Gasteiger partial charge < -0.3 is 14.2 Å². The fraction of sp³-hybridized carbons (Fsp3) is 0.136. The molecule has 138 valence electrons. The van der Waals surface area contributed by atoms with Crippen molar-refractivity contribution >= 4 is 21.8 Å². The summed E-state index contributed by atoms with van der Waals surface area (Å²) in [7, 11) is 0. The Bertz CT molecular complexity index is 1290. The van der Waals surface area contributed by atoms with Crippen LogP contribution in [0.25, 0.3) is 33.4 Å². The first kappa shape index (κ1) is 16.5. The van der Waals surface area contributed by atoms with Crippen molar-refractivity contribution in [1.29, 1.82) is 0 Å². The Labute approximate surface area is 161 Å². The van der Waals surface area contributed by atoms with Gasteiger partial charge in [-0.05, 0) is 30.7 Å². The minimum absolute atomic E-state index is 0.402. The number of aromatic amines is 1. The minimum Gasteiger partial charge on any atom is -0.437 e. The number of aryl methyl sites for hydroxylation is 2. The number of H-pyrrole nitrogens is 1. The van der Waals surface area contributed by atoms with Crippen LogP contribution in [0, 0.1) is 6.92 Å². The van der Waals surface area contributed by atoms with Crippen LogP contribution >= 0.6 is 0 Å². The lowest BCUT2D eigenvalue weighted by Gasteiger charge is -2.10. The maximum atomic E-state index is 6.14. The average Bonchev–Trinajstić information content (AvgIpc) is 3.36. The van der Waals surface area contributed by atoms with Crippen LogP contribution in [0.5, 0.6) is 11.6 Å². The Morgan fingerprint density at radius 1 is 1.00 bits per heavy atom. The summed E-state index contributed by atoms with van der Waals surface area (Å²) in [6, 6.07) is 17.8. The first-order valence-corrected chi connectivity index (χ1v) is 9.21. The zero-order chi connectivity index (χ0) is 19.1. The summed E-state index contributed by atoms with van der Waals surface area (Å²) in [6.07, 6.45) is 0.700. The quantitative estimate of drug-likeness (QED) is 0.456. The molecule has 0 unspecified atom stereocenters. The van der Waals surface area contributed by atoms with E-state index >= 15 is 0 Å². The number of fused-ring (bicyclic) bond motifs is 3. The predicted octanol–water partition coefficient (Wildman–Crippen LogP) is 5.43. The first-order valence-electron chi connectivity index (χ1n) is 9.21. The normalized spacial score (nSPS) is 11.4. The van der Waals surface area contributed by atoms with Crippen molar-refractivity contribution in [2.75, 3.05) is 0 Å². The summed E-state index contributed by atoms with van der Waals surface area (Å²) >= 11 is 0. The molecule has 6 heteroatoms. The van der Waals surface area contributed by atoms with Crippen molar-refractivity contribution in [1.82, 2.24) is 20.1 Å². The number of rotatable bonds is 4. The van der Waals surface area contributed by atoms with E-state index < -0.39 is 0 Å². The summed E-state index contributed by atoms with van der Waals surface area (Å²) < 4.78 is 11.6. The number of hydrogen-bond acceptors (Lipinski definition) is 5. The van der Waals surface area contributed by atoms with E-state index in [1.54, 1.807) is 0 Å². The van der Waals surface area contributed by atoms with Gasteiger partial charge in [-0.3, -0.25) is 0 Å². The second-order valence-corrected chi connectivity index (χ2v) is 6.60. The lowest BCUT2D eigenvalue weighted by molar-refractivity contribution is 0.420. The molecule has 0 fully saturated rings. The van der Waals surface area contributed by atoms with Gasteiger partial charge in [0.15, 0.2) is 5.82 Å². The molecule has 0 bridgehead atoms. The molecule has 3 aromatic heterocycles. The van der Waals surface area contributed by atoms with E-state index in [1.165, 1.54) is 0 Å². The molecular formula is C22H18N4O2. The van der Waals surface area contributed by atoms with Crippen molar-refractivity contribution in [3.05, 3.63) is 66.0 Å². The zero-order valence-corrected chi connectivity index (χ0v) is 15.6. The van der Waals surface area contributed by atoms with Crippen molar-refractivity contribution in [2.24, 2.45) is 0 Å². The molecule has 3 heterocycles. The summed E-state index contributed by atoms with van der Waals surface area (Å²) in [5.41, 5.74) is 3.48. The maximum absolute atomic E-state index is 6.14. The van der Waals surface area contributed by atoms with Crippen LogP contribution < -0.4 is 4.74 Å². The number of pyridine rings is 1. The van der Waals surface area contributed by atoms with E-state index in [9.17, 15) is 0 Å². The average molecular weight is 370 g/mol. The van der Waals surface area contributed by atoms with E-state index in [2.05, 4.69) is 21.2 Å². The highest BCUT2D eigenvalue weighted by molar-refractivity contribution is 6.11. The van der Waals surface area contributed by atoms with Gasteiger partial charge in [0.2, 0.25) is 5.88 Å². The number of nitrogens with one attached hydrogen (secondary N) is 1. The molecule has 0 saturated carbocycles. The molecule has 0 aliphatic carbocycles. The van der Waals surface area contributed by atoms with Gasteiger partial charge in [0.05, 0.1) is 0 Å². The molecule has 0 aliphatic heterocycles. The standard InChI is InChI=1S/C22H18N4O2/c1-3-17-24-22(28-26-17)19-13(2)18-15-11-7-8-12-16(15)23-20(18)21(25-19)27-14-9-5-4-6-10-14/h4-12,23H,3H2,1-2H3. The number of para-hydroxylation sites is 2. The highest BCUT2D eigenvalue weighted by atomic mass is 16.5. The zero-order valence-electron chi connectivity index (χ0n) is 15.6. The summed E-state index contributed by atoms with van der Waals surface area (Å²) in [6.45, 7) is 4.01. The molecule has 0 spiro atoms. The van der Waals surface area contributed by atoms with Crippen molar-refractivity contribution in [2.45, 2.75) is 20.3 Å². The van der Waals surface area contributed by atoms with Crippen LogP contribution in [-0.4, -0.2) is 20.1 Å². The molecular weight excluding hydrogens is 352 g/mol. The Kier molecular flexibility index (Phi) is 3.83. The first-order chi connectivity index (χ1) is 13.7. The highest BCUT2D eigenvalue weighted by Crippen LogP contribution is 2.38. The Hall–Kier alpha value is -3.67. The van der Waals surface area contributed by atoms with Gasteiger partial charge in [0.25, 0.3) is 5.89 Å². The second-order valence-electron chi connectivity index (χ2n) is 6.60. The largest absolute Gasteiger partial charge is 0.437 e. The third kappa shape index (κ3) is 2.62. The van der Waals surface area contributed by atoms with Crippen molar-refractivity contribution in [3.8, 4) is 23.2 Å². The van der Waals surface area contributed by atoms with Gasteiger partial charge in [-0.25, -0.2) is 4.98 Å². The molecule has 0 atom stereocenters. The molecule has 6 nitrogen and oxygen atoms in total. The predicted molar refractivity (Wildman–Crippen MR) is 108 cm³/mol. The molecule has 1 N–H and O–H groups in total. The van der Waals surface area contributed by atoms with Crippen LogP contribution in [0.3, 0.4) is 0 Å². The fourth-order valence-electron chi connectivity index (χ4n) is 3.43. The molecule has 5 rings (SSSR count). The van der Waals surface area contributed by atoms with Gasteiger partial charge in [-0.1, -0.05) is 48.5 Å². The van der Waals surface area contributed by atoms with Crippen molar-refractivity contribution in [3.63, 3.8) is 0 Å². The molecule has 0 amide bonds. The molecule has 0 saturated heterocycles. The monoisotopic (exact) mass is 370 g/mol. The van der Waals surface area contributed by atoms with E-state index in [0.717, 1.165) is 27.4 Å². The van der Waals surface area contributed by atoms with Gasteiger partial charge in [-0.2, -0.15) is 4.98 Å². The molecule has 0 aliphatic rings. The SMILES string of the molecule is CCc1noc(-c2nc(Oc3ccccc3)c3[nH]c4ccccc4c3c2C)n1. The van der Waals surface area contributed by atoms with Crippen LogP contribution in [0.4, 0.5) is 0 Å². The van der Waals surface area contributed by atoms with Crippen LogP contribution in [0.15, 0.2) is 59.1 Å². The lowest BCUT2D eigenvalue weighted by Crippen LogP contribution is -1.96. The van der Waals surface area contributed by atoms with E-state index in [1.807, 2.05) is 62.4 Å². The van der Waals surface area contributed by atoms with Crippen LogP contribution in [0.2, 0.25) is 0 Å². The van der Waals surface area contributed by atoms with E-state index in [0.29, 0.717) is 35.5 Å². The second kappa shape index (κ2) is 6.49. The molecule has 28 heavy (non-hydrogen) atoms. The molecule has 5 aromatic rings. The number of benzene rings is 2. The third-order valence-corrected chi connectivity index (χ3v) is 4.81. The topological polar surface area (TPSA) is 76.8 Å². The lowest BCUT2D eigenvalue weighted by atomic mass is 10.1. The summed E-state index contributed by atoms with van der Waals surface area (Å²) in [5.74, 6) is 2.25. The number of ether oxygens (including phenoxy) is 1. The molecule has 2 aromatic carbocycles. The van der Waals surface area contributed by atoms with Crippen molar-refractivity contribution < 1.29 is 9.26 Å². The summed E-state index contributed by atoms with van der Waals surface area (Å²) in [4.78, 5) is 12.7. The van der Waals surface area contributed by atoms with Gasteiger partial charge >= 0.3 is 0 Å². The Morgan fingerprint density at radius 3 is 2.57 bits per heavy atom. The maximum Gasteiger partial charge on any atom is 0.276 e. The van der Waals surface area contributed by atoms with Gasteiger partial charge in [0, 0.05) is 22.7 Å². The summed E-state index contributed by atoms with van der Waals surface area (Å²) in [5, 5.41) is 6.17. The van der Waals surface area contributed by atoms with Crippen LogP contribution in [0.1, 0.15) is 18.3 Å². The third-order valence-electron chi connectivity index (χ3n) is 4.81. The number of nitrogens with zero attached hydrogens (tertiary/aromatic N) is 3. The number of hydrogen-bond donors (Lipinski definition) is 1. The van der Waals surface area contributed by atoms with Crippen LogP contribution in [-0.2, 0) is 6.42 Å². The minimum atomic E-state index is 0.402.